The molecule has 7 heteroatoms. The van der Waals surface area contributed by atoms with Gasteiger partial charge in [0.2, 0.25) is 0 Å². The molecule has 0 aliphatic heterocycles. The highest BCUT2D eigenvalue weighted by atomic mass is 16.4. The molecule has 0 bridgehead atoms. The average Bonchev–Trinajstić information content (AvgIpc) is 2.61. The van der Waals surface area contributed by atoms with Gasteiger partial charge in [0.05, 0.1) is 11.3 Å². The Kier molecular flexibility index (Phi) is 5.69. The fraction of sp³-hybridized carbons (Fsp3) is 0.333. The van der Waals surface area contributed by atoms with Crippen LogP contribution in [0.5, 0.6) is 0 Å². The van der Waals surface area contributed by atoms with Crippen molar-refractivity contribution in [3.05, 3.63) is 62.6 Å². The van der Waals surface area contributed by atoms with Crippen LogP contribution >= 0.6 is 0 Å². The number of carbonyl (C=O) groups is 2. The van der Waals surface area contributed by atoms with E-state index in [1.54, 1.807) is 19.2 Å². The van der Waals surface area contributed by atoms with Crippen LogP contribution in [-0.4, -0.2) is 39.1 Å². The van der Waals surface area contributed by atoms with E-state index in [0.717, 1.165) is 5.56 Å². The Morgan fingerprint density at radius 1 is 1.16 bits per heavy atom. The summed E-state index contributed by atoms with van der Waals surface area (Å²) >= 11 is 0. The molecule has 0 unspecified atom stereocenters. The van der Waals surface area contributed by atoms with Crippen LogP contribution in [0.4, 0.5) is 0 Å². The van der Waals surface area contributed by atoms with Crippen molar-refractivity contribution in [2.75, 3.05) is 7.05 Å². The van der Waals surface area contributed by atoms with Gasteiger partial charge in [-0.05, 0) is 36.1 Å². The molecule has 1 heterocycles. The summed E-state index contributed by atoms with van der Waals surface area (Å²) in [5.74, 6) is -1.38. The van der Waals surface area contributed by atoms with E-state index >= 15 is 0 Å². The smallest absolute Gasteiger partial charge is 0.335 e. The number of hydrogen-bond donors (Lipinski definition) is 2. The number of hydrogen-bond acceptors (Lipinski definition) is 4. The summed E-state index contributed by atoms with van der Waals surface area (Å²) in [6.07, 6.45) is 1.17. The van der Waals surface area contributed by atoms with E-state index in [0.29, 0.717) is 24.1 Å². The summed E-state index contributed by atoms with van der Waals surface area (Å²) in [4.78, 5) is 37.3. The molecule has 0 aliphatic rings. The normalized spacial score (nSPS) is 10.5. The molecule has 0 fully saturated rings. The first-order valence-corrected chi connectivity index (χ1v) is 8.07. The zero-order valence-corrected chi connectivity index (χ0v) is 14.5. The number of nitrogens with zero attached hydrogens (tertiary/aromatic N) is 2. The van der Waals surface area contributed by atoms with E-state index in [4.69, 9.17) is 5.11 Å². The van der Waals surface area contributed by atoms with E-state index in [2.05, 4.69) is 10.2 Å². The second kappa shape index (κ2) is 7.74. The monoisotopic (exact) mass is 343 g/mol. The van der Waals surface area contributed by atoms with Crippen LogP contribution in [0.3, 0.4) is 0 Å². The first-order chi connectivity index (χ1) is 11.9. The minimum Gasteiger partial charge on any atom is -0.478 e. The SMILES string of the molecule is CCc1n[nH]c(=O)c(C(=O)N(C)Cc2ccc(C(=O)O)cc2)c1CC. The van der Waals surface area contributed by atoms with Crippen molar-refractivity contribution in [3.8, 4) is 0 Å². The predicted molar refractivity (Wildman–Crippen MR) is 92.8 cm³/mol. The fourth-order valence-corrected chi connectivity index (χ4v) is 2.71. The number of aromatic nitrogens is 2. The Bertz CT molecular complexity index is 840. The zero-order valence-electron chi connectivity index (χ0n) is 14.5. The van der Waals surface area contributed by atoms with E-state index in [9.17, 15) is 14.4 Å². The fourth-order valence-electron chi connectivity index (χ4n) is 2.71. The lowest BCUT2D eigenvalue weighted by atomic mass is 10.0. The van der Waals surface area contributed by atoms with Crippen LogP contribution < -0.4 is 5.56 Å². The second-order valence-corrected chi connectivity index (χ2v) is 5.72. The second-order valence-electron chi connectivity index (χ2n) is 5.72. The minimum atomic E-state index is -1.00. The van der Waals surface area contributed by atoms with E-state index in [1.807, 2.05) is 13.8 Å². The largest absolute Gasteiger partial charge is 0.478 e. The van der Waals surface area contributed by atoms with Gasteiger partial charge in [-0.2, -0.15) is 5.10 Å². The molecule has 1 amide bonds. The van der Waals surface area contributed by atoms with E-state index < -0.39 is 11.5 Å². The van der Waals surface area contributed by atoms with Crippen molar-refractivity contribution < 1.29 is 14.7 Å². The lowest BCUT2D eigenvalue weighted by Crippen LogP contribution is -2.34. The lowest BCUT2D eigenvalue weighted by Gasteiger charge is -2.19. The van der Waals surface area contributed by atoms with Crippen molar-refractivity contribution >= 4 is 11.9 Å². The van der Waals surface area contributed by atoms with E-state index in [-0.39, 0.29) is 23.6 Å². The van der Waals surface area contributed by atoms with Gasteiger partial charge in [-0.1, -0.05) is 26.0 Å². The summed E-state index contributed by atoms with van der Waals surface area (Å²) in [5, 5.41) is 15.3. The molecule has 132 valence electrons. The van der Waals surface area contributed by atoms with Crippen LogP contribution in [0.25, 0.3) is 0 Å². The number of H-pyrrole nitrogens is 1. The molecule has 0 radical (unpaired) electrons. The maximum absolute atomic E-state index is 12.8. The van der Waals surface area contributed by atoms with Gasteiger partial charge in [-0.15, -0.1) is 0 Å². The molecule has 0 aliphatic carbocycles. The number of nitrogens with one attached hydrogen (secondary N) is 1. The number of aromatic carboxylic acids is 1. The Hall–Kier alpha value is -2.96. The number of amides is 1. The highest BCUT2D eigenvalue weighted by Gasteiger charge is 2.22. The highest BCUT2D eigenvalue weighted by Crippen LogP contribution is 2.14. The number of carboxylic acids is 1. The average molecular weight is 343 g/mol. The molecule has 25 heavy (non-hydrogen) atoms. The third-order valence-electron chi connectivity index (χ3n) is 4.04. The van der Waals surface area contributed by atoms with Gasteiger partial charge >= 0.3 is 5.97 Å². The molecule has 1 aromatic carbocycles. The van der Waals surface area contributed by atoms with Crippen LogP contribution in [0.2, 0.25) is 0 Å². The summed E-state index contributed by atoms with van der Waals surface area (Å²) in [7, 11) is 1.61. The summed E-state index contributed by atoms with van der Waals surface area (Å²) in [6, 6.07) is 6.29. The molecule has 0 spiro atoms. The summed E-state index contributed by atoms with van der Waals surface area (Å²) < 4.78 is 0. The van der Waals surface area contributed by atoms with E-state index in [1.165, 1.54) is 17.0 Å². The van der Waals surface area contributed by atoms with Gasteiger partial charge in [0, 0.05) is 13.6 Å². The van der Waals surface area contributed by atoms with Crippen LogP contribution in [0, 0.1) is 0 Å². The van der Waals surface area contributed by atoms with Gasteiger partial charge in [-0.25, -0.2) is 9.89 Å². The quantitative estimate of drug-likeness (QED) is 0.833. The summed E-state index contributed by atoms with van der Waals surface area (Å²) in [6.45, 7) is 4.07. The molecular formula is C18H21N3O4. The minimum absolute atomic E-state index is 0.124. The summed E-state index contributed by atoms with van der Waals surface area (Å²) in [5.41, 5.74) is 1.98. The van der Waals surface area contributed by atoms with Crippen molar-refractivity contribution in [1.29, 1.82) is 0 Å². The van der Waals surface area contributed by atoms with Gasteiger partial charge in [0.1, 0.15) is 5.56 Å². The third kappa shape index (κ3) is 3.93. The molecule has 0 atom stereocenters. The van der Waals surface area contributed by atoms with Crippen molar-refractivity contribution in [3.63, 3.8) is 0 Å². The number of aryl methyl sites for hydroxylation is 1. The van der Waals surface area contributed by atoms with Gasteiger partial charge < -0.3 is 10.0 Å². The molecule has 2 aromatic rings. The molecular weight excluding hydrogens is 322 g/mol. The van der Waals surface area contributed by atoms with Gasteiger partial charge in [-0.3, -0.25) is 9.59 Å². The van der Waals surface area contributed by atoms with Crippen molar-refractivity contribution in [2.45, 2.75) is 33.2 Å². The predicted octanol–water partition coefficient (Wildman–Crippen LogP) is 1.87. The first kappa shape index (κ1) is 18.4. The van der Waals surface area contributed by atoms with Gasteiger partial charge in [0.15, 0.2) is 0 Å². The highest BCUT2D eigenvalue weighted by molar-refractivity contribution is 5.95. The Morgan fingerprint density at radius 3 is 2.32 bits per heavy atom. The van der Waals surface area contributed by atoms with Crippen molar-refractivity contribution in [2.24, 2.45) is 0 Å². The molecule has 0 saturated heterocycles. The molecule has 7 nitrogen and oxygen atoms in total. The number of benzene rings is 1. The maximum Gasteiger partial charge on any atom is 0.335 e. The van der Waals surface area contributed by atoms with Crippen LogP contribution in [-0.2, 0) is 19.4 Å². The van der Waals surface area contributed by atoms with Gasteiger partial charge in [0.25, 0.3) is 11.5 Å². The lowest BCUT2D eigenvalue weighted by molar-refractivity contribution is 0.0695. The molecule has 2 N–H and O–H groups in total. The first-order valence-electron chi connectivity index (χ1n) is 8.07. The number of carbonyl (C=O) groups excluding carboxylic acids is 1. The topological polar surface area (TPSA) is 103 Å². The van der Waals surface area contributed by atoms with Crippen LogP contribution in [0.15, 0.2) is 29.1 Å². The maximum atomic E-state index is 12.8. The molecule has 1 aromatic heterocycles. The molecule has 0 saturated carbocycles. The van der Waals surface area contributed by atoms with Crippen molar-refractivity contribution in [1.82, 2.24) is 15.1 Å². The number of rotatable bonds is 6. The Labute approximate surface area is 145 Å². The standard InChI is InChI=1S/C18H21N3O4/c1-4-13-14(5-2)19-20-16(22)15(13)17(23)21(3)10-11-6-8-12(9-7-11)18(24)25/h6-9H,4-5,10H2,1-3H3,(H,20,22)(H,24,25). The number of aromatic amines is 1. The Morgan fingerprint density at radius 2 is 1.80 bits per heavy atom. The third-order valence-corrected chi connectivity index (χ3v) is 4.04. The van der Waals surface area contributed by atoms with Crippen LogP contribution in [0.1, 0.15) is 51.4 Å². The molecule has 2 rings (SSSR count). The Balaban J connectivity index is 2.28. The zero-order chi connectivity index (χ0) is 18.6. The number of carboxylic acid groups (broad SMARTS) is 1.